The van der Waals surface area contributed by atoms with Gasteiger partial charge in [-0.25, -0.2) is 0 Å². The first-order chi connectivity index (χ1) is 7.81. The highest BCUT2D eigenvalue weighted by Crippen LogP contribution is 2.21. The molecule has 2 aliphatic heterocycles. The van der Waals surface area contributed by atoms with Gasteiger partial charge in [0.1, 0.15) is 6.10 Å². The Morgan fingerprint density at radius 3 is 2.56 bits per heavy atom. The largest absolute Gasteiger partial charge is 0.368 e. The van der Waals surface area contributed by atoms with Gasteiger partial charge in [-0.15, -0.1) is 0 Å². The zero-order valence-electron chi connectivity index (χ0n) is 9.66. The summed E-state index contributed by atoms with van der Waals surface area (Å²) >= 11 is 0. The average Bonchev–Trinajstić information content (AvgIpc) is 2.39. The van der Waals surface area contributed by atoms with Crippen molar-refractivity contribution in [1.82, 2.24) is 4.90 Å². The van der Waals surface area contributed by atoms with Gasteiger partial charge >= 0.3 is 0 Å². The first-order valence-electron chi connectivity index (χ1n) is 6.27. The van der Waals surface area contributed by atoms with E-state index in [0.29, 0.717) is 19.7 Å². The summed E-state index contributed by atoms with van der Waals surface area (Å²) in [5.41, 5.74) is 0. The molecular formula is C12H20FNO2. The predicted octanol–water partition coefficient (Wildman–Crippen LogP) is 1.76. The lowest BCUT2D eigenvalue weighted by Crippen LogP contribution is -2.45. The fourth-order valence-electron chi connectivity index (χ4n) is 2.45. The van der Waals surface area contributed by atoms with Gasteiger partial charge in [0.2, 0.25) is 0 Å². The van der Waals surface area contributed by atoms with E-state index in [9.17, 15) is 9.18 Å². The van der Waals surface area contributed by atoms with Gasteiger partial charge in [0.05, 0.1) is 6.67 Å². The minimum Gasteiger partial charge on any atom is -0.368 e. The van der Waals surface area contributed by atoms with Crippen LogP contribution in [-0.4, -0.2) is 43.3 Å². The maximum Gasteiger partial charge on any atom is 0.251 e. The topological polar surface area (TPSA) is 29.5 Å². The smallest absolute Gasteiger partial charge is 0.251 e. The number of halogens is 1. The van der Waals surface area contributed by atoms with Crippen LogP contribution in [0.2, 0.25) is 0 Å². The van der Waals surface area contributed by atoms with Crippen LogP contribution >= 0.6 is 0 Å². The molecule has 0 N–H and O–H groups in total. The van der Waals surface area contributed by atoms with E-state index in [2.05, 4.69) is 0 Å². The van der Waals surface area contributed by atoms with Crippen LogP contribution in [0.1, 0.15) is 32.1 Å². The number of hydrogen-bond acceptors (Lipinski definition) is 2. The second-order valence-electron chi connectivity index (χ2n) is 4.78. The minimum absolute atomic E-state index is 0.122. The zero-order valence-corrected chi connectivity index (χ0v) is 9.66. The van der Waals surface area contributed by atoms with Gasteiger partial charge in [-0.2, -0.15) is 0 Å². The van der Waals surface area contributed by atoms with Crippen molar-refractivity contribution in [1.29, 1.82) is 0 Å². The Bertz CT molecular complexity index is 233. The Balaban J connectivity index is 1.81. The van der Waals surface area contributed by atoms with Crippen molar-refractivity contribution in [2.24, 2.45) is 5.92 Å². The van der Waals surface area contributed by atoms with Gasteiger partial charge in [-0.05, 0) is 38.0 Å². The third-order valence-electron chi connectivity index (χ3n) is 3.60. The maximum atomic E-state index is 12.4. The van der Waals surface area contributed by atoms with Crippen molar-refractivity contribution in [3.05, 3.63) is 0 Å². The van der Waals surface area contributed by atoms with E-state index < -0.39 is 0 Å². The number of amides is 1. The van der Waals surface area contributed by atoms with Crippen molar-refractivity contribution in [3.8, 4) is 0 Å². The number of carbonyl (C=O) groups excluding carboxylic acids is 1. The highest BCUT2D eigenvalue weighted by molar-refractivity contribution is 5.81. The first kappa shape index (κ1) is 11.8. The van der Waals surface area contributed by atoms with E-state index in [0.717, 1.165) is 32.1 Å². The van der Waals surface area contributed by atoms with Gasteiger partial charge in [-0.3, -0.25) is 9.18 Å². The molecule has 2 aliphatic rings. The van der Waals surface area contributed by atoms with Crippen LogP contribution in [0.3, 0.4) is 0 Å². The fraction of sp³-hybridized carbons (Fsp3) is 0.917. The number of ether oxygens (including phenoxy) is 1. The molecule has 0 spiro atoms. The van der Waals surface area contributed by atoms with Crippen LogP contribution in [-0.2, 0) is 9.53 Å². The molecule has 16 heavy (non-hydrogen) atoms. The van der Waals surface area contributed by atoms with Gasteiger partial charge < -0.3 is 9.64 Å². The highest BCUT2D eigenvalue weighted by atomic mass is 19.1. The Morgan fingerprint density at radius 1 is 1.25 bits per heavy atom. The Morgan fingerprint density at radius 2 is 2.00 bits per heavy atom. The summed E-state index contributed by atoms with van der Waals surface area (Å²) in [6, 6.07) is 0. The molecule has 0 aromatic rings. The summed E-state index contributed by atoms with van der Waals surface area (Å²) in [6.45, 7) is 1.86. The maximum absolute atomic E-state index is 12.4. The molecule has 2 saturated heterocycles. The monoisotopic (exact) mass is 229 g/mol. The van der Waals surface area contributed by atoms with Gasteiger partial charge in [-0.1, -0.05) is 0 Å². The van der Waals surface area contributed by atoms with Crippen LogP contribution < -0.4 is 0 Å². The SMILES string of the molecule is O=C([C@@H]1CCCCO1)N1CCC(CF)CC1. The summed E-state index contributed by atoms with van der Waals surface area (Å²) < 4.78 is 17.9. The summed E-state index contributed by atoms with van der Waals surface area (Å²) in [7, 11) is 0. The number of nitrogens with zero attached hydrogens (tertiary/aromatic N) is 1. The number of carbonyl (C=O) groups is 1. The third-order valence-corrected chi connectivity index (χ3v) is 3.60. The summed E-state index contributed by atoms with van der Waals surface area (Å²) in [5.74, 6) is 0.285. The normalized spacial score (nSPS) is 28.1. The molecule has 2 rings (SSSR count). The van der Waals surface area contributed by atoms with Crippen molar-refractivity contribution in [3.63, 3.8) is 0 Å². The van der Waals surface area contributed by atoms with Gasteiger partial charge in [0.25, 0.3) is 5.91 Å². The molecule has 0 bridgehead atoms. The minimum atomic E-state index is -0.248. The number of alkyl halides is 1. The molecule has 1 amide bonds. The van der Waals surface area contributed by atoms with E-state index in [-0.39, 0.29) is 24.6 Å². The summed E-state index contributed by atoms with van der Waals surface area (Å²) in [4.78, 5) is 13.9. The molecule has 92 valence electrons. The molecule has 0 saturated carbocycles. The summed E-state index contributed by atoms with van der Waals surface area (Å²) in [6.07, 6.45) is 4.37. The summed E-state index contributed by atoms with van der Waals surface area (Å²) in [5, 5.41) is 0. The first-order valence-corrected chi connectivity index (χ1v) is 6.27. The van der Waals surface area contributed by atoms with E-state index in [4.69, 9.17) is 4.74 Å². The number of rotatable bonds is 2. The molecule has 1 atom stereocenters. The second-order valence-corrected chi connectivity index (χ2v) is 4.78. The lowest BCUT2D eigenvalue weighted by atomic mass is 9.97. The Hall–Kier alpha value is -0.640. The third kappa shape index (κ3) is 2.73. The quantitative estimate of drug-likeness (QED) is 0.722. The Labute approximate surface area is 95.9 Å². The average molecular weight is 229 g/mol. The van der Waals surface area contributed by atoms with Crippen LogP contribution in [0.4, 0.5) is 4.39 Å². The molecule has 3 nitrogen and oxygen atoms in total. The van der Waals surface area contributed by atoms with Crippen molar-refractivity contribution in [2.75, 3.05) is 26.4 Å². The molecule has 2 heterocycles. The highest BCUT2D eigenvalue weighted by Gasteiger charge is 2.29. The van der Waals surface area contributed by atoms with Crippen LogP contribution in [0.15, 0.2) is 0 Å². The molecule has 4 heteroatoms. The Kier molecular flexibility index (Phi) is 4.16. The van der Waals surface area contributed by atoms with Crippen LogP contribution in [0, 0.1) is 5.92 Å². The standard InChI is InChI=1S/C12H20FNO2/c13-9-10-4-6-14(7-5-10)12(15)11-3-1-2-8-16-11/h10-11H,1-9H2/t11-/m0/s1. The fourth-order valence-corrected chi connectivity index (χ4v) is 2.45. The molecule has 0 radical (unpaired) electrons. The van der Waals surface area contributed by atoms with E-state index in [1.807, 2.05) is 4.90 Å². The molecule has 2 fully saturated rings. The molecule has 0 unspecified atom stereocenters. The van der Waals surface area contributed by atoms with E-state index >= 15 is 0 Å². The second kappa shape index (κ2) is 5.62. The van der Waals surface area contributed by atoms with E-state index in [1.165, 1.54) is 0 Å². The molecular weight excluding hydrogens is 209 g/mol. The van der Waals surface area contributed by atoms with Crippen molar-refractivity contribution in [2.45, 2.75) is 38.2 Å². The molecule has 0 aliphatic carbocycles. The molecule has 0 aromatic carbocycles. The van der Waals surface area contributed by atoms with Crippen molar-refractivity contribution >= 4 is 5.91 Å². The van der Waals surface area contributed by atoms with E-state index in [1.54, 1.807) is 0 Å². The van der Waals surface area contributed by atoms with Crippen LogP contribution in [0.5, 0.6) is 0 Å². The lowest BCUT2D eigenvalue weighted by Gasteiger charge is -2.34. The number of piperidine rings is 1. The van der Waals surface area contributed by atoms with Gasteiger partial charge in [0, 0.05) is 19.7 Å². The molecule has 0 aromatic heterocycles. The van der Waals surface area contributed by atoms with Crippen LogP contribution in [0.25, 0.3) is 0 Å². The van der Waals surface area contributed by atoms with Gasteiger partial charge in [0.15, 0.2) is 0 Å². The predicted molar refractivity (Wildman–Crippen MR) is 58.9 cm³/mol. The number of hydrogen-bond donors (Lipinski definition) is 0. The zero-order chi connectivity index (χ0) is 11.4. The number of likely N-dealkylation sites (tertiary alicyclic amines) is 1. The van der Waals surface area contributed by atoms with Crippen molar-refractivity contribution < 1.29 is 13.9 Å². The lowest BCUT2D eigenvalue weighted by molar-refractivity contribution is -0.148.